The number of hydrogen-bond acceptors (Lipinski definition) is 8. The third-order valence-corrected chi connectivity index (χ3v) is 11.2. The molecule has 11 nitrogen and oxygen atoms in total. The molecule has 3 atom stereocenters. The van der Waals surface area contributed by atoms with E-state index >= 15 is 0 Å². The quantitative estimate of drug-likeness (QED) is 0.149. The molecule has 2 aromatic carbocycles. The molecule has 2 heterocycles. The molecule has 2 bridgehead atoms. The number of imidazole rings is 1. The standard InChI is InChI=1S/C40H49F2N5O6/c1-40(2)38-45-36(27-9-11-28(41)12-10-27)37(44-30-15-13-29(42)14-16-30)46(38)17-18-47(40)35(48)24-43-39(49)52-32-7-3-5-31(6-4-8-32)51-33-20-25-19-26(21-33)23-34(22-25)53-50/h5,9-16,25-26,32-34,44,50H,3-4,6-8,17-24H2,1-2H3,(H,43,49)/b31-5+. The van der Waals surface area contributed by atoms with Crippen LogP contribution < -0.4 is 10.6 Å². The Morgan fingerprint density at radius 1 is 0.906 bits per heavy atom. The second kappa shape index (κ2) is 15.9. The number of nitrogens with zero attached hydrogens (tertiary/aromatic N) is 3. The van der Waals surface area contributed by atoms with Crippen LogP contribution in [0.2, 0.25) is 0 Å². The molecular formula is C40H49F2N5O6. The predicted octanol–water partition coefficient (Wildman–Crippen LogP) is 8.05. The Morgan fingerprint density at radius 2 is 1.58 bits per heavy atom. The molecule has 0 radical (unpaired) electrons. The van der Waals surface area contributed by atoms with Crippen molar-refractivity contribution < 1.29 is 38.0 Å². The van der Waals surface area contributed by atoms with Crippen molar-refractivity contribution in [3.05, 3.63) is 77.8 Å². The summed E-state index contributed by atoms with van der Waals surface area (Å²) in [5.74, 6) is 2.34. The first kappa shape index (κ1) is 36.9. The lowest BCUT2D eigenvalue weighted by Gasteiger charge is -2.42. The van der Waals surface area contributed by atoms with Gasteiger partial charge in [-0.3, -0.25) is 10.1 Å². The van der Waals surface area contributed by atoms with Crippen LogP contribution in [0.1, 0.15) is 83.9 Å². The first-order valence-electron chi connectivity index (χ1n) is 18.9. The zero-order valence-electron chi connectivity index (χ0n) is 30.4. The van der Waals surface area contributed by atoms with E-state index in [0.717, 1.165) is 50.7 Å². The minimum Gasteiger partial charge on any atom is -0.495 e. The summed E-state index contributed by atoms with van der Waals surface area (Å²) in [7, 11) is 0. The van der Waals surface area contributed by atoms with Gasteiger partial charge in [0.05, 0.1) is 23.5 Å². The number of ether oxygens (including phenoxy) is 2. The number of amides is 2. The van der Waals surface area contributed by atoms with Crippen molar-refractivity contribution in [2.75, 3.05) is 18.4 Å². The number of fused-ring (bicyclic) bond motifs is 3. The number of aromatic nitrogens is 2. The normalized spacial score (nSPS) is 26.2. The highest BCUT2D eigenvalue weighted by atomic mass is 19.1. The lowest BCUT2D eigenvalue weighted by molar-refractivity contribution is -0.292. The van der Waals surface area contributed by atoms with Gasteiger partial charge in [0.25, 0.3) is 0 Å². The summed E-state index contributed by atoms with van der Waals surface area (Å²) in [6.07, 6.45) is 10.1. The van der Waals surface area contributed by atoms with Crippen LogP contribution >= 0.6 is 0 Å². The summed E-state index contributed by atoms with van der Waals surface area (Å²) in [6.45, 7) is 4.34. The Labute approximate surface area is 308 Å². The van der Waals surface area contributed by atoms with E-state index in [-0.39, 0.29) is 42.4 Å². The van der Waals surface area contributed by atoms with Crippen LogP contribution in [0.15, 0.2) is 60.4 Å². The number of halogens is 2. The van der Waals surface area contributed by atoms with Gasteiger partial charge >= 0.3 is 6.09 Å². The predicted molar refractivity (Wildman–Crippen MR) is 194 cm³/mol. The van der Waals surface area contributed by atoms with Crippen molar-refractivity contribution in [3.8, 4) is 11.3 Å². The minimum absolute atomic E-state index is 0.0505. The average molecular weight is 734 g/mol. The van der Waals surface area contributed by atoms with Crippen LogP contribution in [0.25, 0.3) is 11.3 Å². The van der Waals surface area contributed by atoms with Crippen LogP contribution in [-0.2, 0) is 31.2 Å². The lowest BCUT2D eigenvalue weighted by Crippen LogP contribution is -2.54. The van der Waals surface area contributed by atoms with E-state index in [0.29, 0.717) is 66.4 Å². The van der Waals surface area contributed by atoms with E-state index in [2.05, 4.69) is 21.6 Å². The topological polar surface area (TPSA) is 127 Å². The highest BCUT2D eigenvalue weighted by Gasteiger charge is 2.42. The molecule has 7 rings (SSSR count). The first-order valence-corrected chi connectivity index (χ1v) is 18.9. The monoisotopic (exact) mass is 733 g/mol. The zero-order chi connectivity index (χ0) is 37.1. The number of hydrogen-bond donors (Lipinski definition) is 3. The minimum atomic E-state index is -0.864. The number of allylic oxidation sites excluding steroid dienone is 2. The number of anilines is 2. The number of alkyl carbamates (subject to hydrolysis) is 1. The number of rotatable bonds is 9. The Bertz CT molecular complexity index is 1780. The van der Waals surface area contributed by atoms with E-state index in [9.17, 15) is 18.4 Å². The van der Waals surface area contributed by atoms with Crippen LogP contribution in [0, 0.1) is 23.5 Å². The fourth-order valence-electron chi connectivity index (χ4n) is 8.75. The van der Waals surface area contributed by atoms with Gasteiger partial charge in [-0.15, -0.1) is 0 Å². The van der Waals surface area contributed by atoms with Gasteiger partial charge in [-0.25, -0.2) is 23.4 Å². The van der Waals surface area contributed by atoms with E-state index in [1.54, 1.807) is 29.2 Å². The third kappa shape index (κ3) is 8.51. The maximum absolute atomic E-state index is 13.8. The van der Waals surface area contributed by atoms with Crippen LogP contribution in [0.5, 0.6) is 0 Å². The van der Waals surface area contributed by atoms with Crippen molar-refractivity contribution in [3.63, 3.8) is 0 Å². The second-order valence-corrected chi connectivity index (χ2v) is 15.4. The molecule has 0 spiro atoms. The Hall–Kier alpha value is -4.49. The molecule has 4 aliphatic rings. The highest BCUT2D eigenvalue weighted by molar-refractivity contribution is 5.83. The molecule has 3 N–H and O–H groups in total. The fourth-order valence-corrected chi connectivity index (χ4v) is 8.75. The van der Waals surface area contributed by atoms with Crippen LogP contribution in [0.3, 0.4) is 0 Å². The molecule has 53 heavy (non-hydrogen) atoms. The summed E-state index contributed by atoms with van der Waals surface area (Å²) < 4.78 is 41.7. The van der Waals surface area contributed by atoms with Gasteiger partial charge in [0.15, 0.2) is 0 Å². The summed E-state index contributed by atoms with van der Waals surface area (Å²) in [6, 6.07) is 12.0. The number of benzene rings is 2. The van der Waals surface area contributed by atoms with Crippen molar-refractivity contribution in [2.45, 2.75) is 108 Å². The molecule has 1 aliphatic heterocycles. The highest BCUT2D eigenvalue weighted by Crippen LogP contribution is 2.43. The molecule has 13 heteroatoms. The van der Waals surface area contributed by atoms with Crippen molar-refractivity contribution in [1.29, 1.82) is 0 Å². The SMILES string of the molecule is CC1(C)c2nc(-c3ccc(F)cc3)c(Nc3ccc(F)cc3)n2CCN1C(=O)CNC(=O)OC1CC/C=C(/OC2CC3CC(CC(OO)C3)C2)CCC1. The summed E-state index contributed by atoms with van der Waals surface area (Å²) in [4.78, 5) is 37.9. The van der Waals surface area contributed by atoms with E-state index in [1.165, 1.54) is 30.7 Å². The number of carbonyl (C=O) groups is 2. The van der Waals surface area contributed by atoms with Gasteiger partial charge in [-0.2, -0.15) is 0 Å². The van der Waals surface area contributed by atoms with Crippen molar-refractivity contribution >= 4 is 23.5 Å². The van der Waals surface area contributed by atoms with Gasteiger partial charge in [-0.05, 0) is 138 Å². The Balaban J connectivity index is 0.937. The lowest BCUT2D eigenvalue weighted by atomic mass is 9.70. The molecule has 2 saturated carbocycles. The second-order valence-electron chi connectivity index (χ2n) is 15.4. The molecule has 284 valence electrons. The molecule has 3 unspecified atom stereocenters. The van der Waals surface area contributed by atoms with E-state index < -0.39 is 11.6 Å². The molecule has 2 fully saturated rings. The smallest absolute Gasteiger partial charge is 0.407 e. The molecule has 3 aliphatic carbocycles. The average Bonchev–Trinajstić information content (AvgIpc) is 3.49. The maximum Gasteiger partial charge on any atom is 0.407 e. The number of carbonyl (C=O) groups excluding carboxylic acids is 2. The van der Waals surface area contributed by atoms with Gasteiger partial charge in [-0.1, -0.05) is 0 Å². The van der Waals surface area contributed by atoms with Crippen LogP contribution in [-0.4, -0.2) is 63.1 Å². The van der Waals surface area contributed by atoms with E-state index in [4.69, 9.17) is 19.7 Å². The maximum atomic E-state index is 13.8. The Morgan fingerprint density at radius 3 is 2.28 bits per heavy atom. The molecule has 1 aromatic heterocycles. The molecular weight excluding hydrogens is 684 g/mol. The number of nitrogens with one attached hydrogen (secondary N) is 2. The third-order valence-electron chi connectivity index (χ3n) is 11.2. The summed E-state index contributed by atoms with van der Waals surface area (Å²) in [5.41, 5.74) is 1.05. The molecule has 3 aromatic rings. The Kier molecular flexibility index (Phi) is 11.0. The van der Waals surface area contributed by atoms with Crippen molar-refractivity contribution in [1.82, 2.24) is 19.8 Å². The van der Waals surface area contributed by atoms with Gasteiger partial charge in [0.1, 0.15) is 41.6 Å². The van der Waals surface area contributed by atoms with E-state index in [1.807, 2.05) is 18.4 Å². The fraction of sp³-hybridized carbons (Fsp3) is 0.525. The largest absolute Gasteiger partial charge is 0.495 e. The summed E-state index contributed by atoms with van der Waals surface area (Å²) >= 11 is 0. The summed E-state index contributed by atoms with van der Waals surface area (Å²) in [5, 5.41) is 15.2. The molecule has 0 saturated heterocycles. The van der Waals surface area contributed by atoms with Gasteiger partial charge < -0.3 is 29.6 Å². The first-order chi connectivity index (χ1) is 25.5. The molecule has 2 amide bonds. The zero-order valence-corrected chi connectivity index (χ0v) is 30.4. The van der Waals surface area contributed by atoms with Crippen LogP contribution in [0.4, 0.5) is 25.1 Å². The van der Waals surface area contributed by atoms with Gasteiger partial charge in [0, 0.05) is 30.8 Å². The van der Waals surface area contributed by atoms with Crippen molar-refractivity contribution in [2.24, 2.45) is 11.8 Å². The van der Waals surface area contributed by atoms with Gasteiger partial charge in [0.2, 0.25) is 5.91 Å².